The molecule has 0 aliphatic heterocycles. The van der Waals surface area contributed by atoms with E-state index in [1.54, 1.807) is 0 Å². The largest absolute Gasteiger partial charge is 0.345 e. The van der Waals surface area contributed by atoms with Crippen LogP contribution in [0.1, 0.15) is 22.3 Å². The van der Waals surface area contributed by atoms with Crippen molar-refractivity contribution in [2.75, 3.05) is 23.9 Å². The summed E-state index contributed by atoms with van der Waals surface area (Å²) < 4.78 is 0. The van der Waals surface area contributed by atoms with Crippen LogP contribution in [0.5, 0.6) is 0 Å². The Morgan fingerprint density at radius 1 is 0.529 bits per heavy atom. The van der Waals surface area contributed by atoms with Gasteiger partial charge in [-0.1, -0.05) is 78.4 Å². The third kappa shape index (κ3) is 5.13. The van der Waals surface area contributed by atoms with Crippen molar-refractivity contribution < 1.29 is 0 Å². The Bertz CT molecular complexity index is 1170. The van der Waals surface area contributed by atoms with Gasteiger partial charge in [0.25, 0.3) is 0 Å². The van der Waals surface area contributed by atoms with Gasteiger partial charge in [0.2, 0.25) is 0 Å². The van der Waals surface area contributed by atoms with Gasteiger partial charge in [-0.05, 0) is 79.1 Å². The lowest BCUT2D eigenvalue weighted by atomic mass is 9.96. The van der Waals surface area contributed by atoms with E-state index in [1.165, 1.54) is 33.6 Å². The zero-order valence-corrected chi connectivity index (χ0v) is 20.5. The lowest BCUT2D eigenvalue weighted by Gasteiger charge is -2.21. The molecule has 0 saturated carbocycles. The van der Waals surface area contributed by atoms with Crippen molar-refractivity contribution in [3.8, 4) is 0 Å². The van der Waals surface area contributed by atoms with Gasteiger partial charge in [0, 0.05) is 36.8 Å². The Kier molecular flexibility index (Phi) is 6.98. The summed E-state index contributed by atoms with van der Waals surface area (Å²) in [6, 6.07) is 34.6. The quantitative estimate of drug-likeness (QED) is 0.264. The number of rotatable bonds is 7. The summed E-state index contributed by atoms with van der Waals surface area (Å²) >= 11 is 0. The van der Waals surface area contributed by atoms with Gasteiger partial charge in [-0.2, -0.15) is 0 Å². The van der Waals surface area contributed by atoms with Crippen LogP contribution in [0.4, 0.5) is 22.7 Å². The second-order valence-corrected chi connectivity index (χ2v) is 8.70. The van der Waals surface area contributed by atoms with Crippen molar-refractivity contribution in [3.05, 3.63) is 138 Å². The van der Waals surface area contributed by atoms with E-state index in [4.69, 9.17) is 0 Å². The second kappa shape index (κ2) is 10.3. The predicted molar refractivity (Wildman–Crippen MR) is 149 cm³/mol. The molecule has 0 radical (unpaired) electrons. The molecule has 0 atom stereocenters. The molecule has 0 spiro atoms. The molecule has 0 unspecified atom stereocenters. The Morgan fingerprint density at radius 3 is 1.12 bits per heavy atom. The van der Waals surface area contributed by atoms with Crippen molar-refractivity contribution in [1.82, 2.24) is 0 Å². The predicted octanol–water partition coefficient (Wildman–Crippen LogP) is 8.46. The van der Waals surface area contributed by atoms with E-state index in [0.717, 1.165) is 16.9 Å². The summed E-state index contributed by atoms with van der Waals surface area (Å²) in [6.07, 6.45) is 3.94. The van der Waals surface area contributed by atoms with Crippen LogP contribution < -0.4 is 9.80 Å². The summed E-state index contributed by atoms with van der Waals surface area (Å²) in [7, 11) is 4.20. The first-order valence-corrected chi connectivity index (χ1v) is 11.6. The van der Waals surface area contributed by atoms with E-state index in [9.17, 15) is 0 Å². The Labute approximate surface area is 204 Å². The summed E-state index contributed by atoms with van der Waals surface area (Å²) in [5.74, 6) is 0. The number of anilines is 4. The Hall–Kier alpha value is -4.04. The molecule has 0 N–H and O–H groups in total. The molecular formula is C32H32N2. The van der Waals surface area contributed by atoms with Crippen LogP contribution in [0.15, 0.2) is 116 Å². The monoisotopic (exact) mass is 444 g/mol. The van der Waals surface area contributed by atoms with Crippen LogP contribution in [-0.4, -0.2) is 14.1 Å². The smallest absolute Gasteiger partial charge is 0.0408 e. The van der Waals surface area contributed by atoms with E-state index >= 15 is 0 Å². The van der Waals surface area contributed by atoms with Crippen molar-refractivity contribution in [2.24, 2.45) is 0 Å². The van der Waals surface area contributed by atoms with Crippen LogP contribution in [0.25, 0.3) is 5.57 Å². The molecule has 2 nitrogen and oxygen atoms in total. The third-order valence-corrected chi connectivity index (χ3v) is 6.26. The maximum atomic E-state index is 3.94. The fourth-order valence-electron chi connectivity index (χ4n) is 4.04. The molecule has 0 bridgehead atoms. The Morgan fingerprint density at radius 2 is 0.824 bits per heavy atom. The highest BCUT2D eigenvalue weighted by Crippen LogP contribution is 2.31. The summed E-state index contributed by atoms with van der Waals surface area (Å²) in [5.41, 5.74) is 10.7. The number of allylic oxidation sites excluding steroid dienone is 2. The van der Waals surface area contributed by atoms with Gasteiger partial charge in [-0.3, -0.25) is 0 Å². The molecule has 2 heteroatoms. The molecule has 34 heavy (non-hydrogen) atoms. The van der Waals surface area contributed by atoms with Crippen molar-refractivity contribution in [1.29, 1.82) is 0 Å². The fraction of sp³-hybridized carbons (Fsp3) is 0.125. The fourth-order valence-corrected chi connectivity index (χ4v) is 4.04. The molecule has 0 heterocycles. The number of benzene rings is 4. The van der Waals surface area contributed by atoms with Gasteiger partial charge in [0.15, 0.2) is 0 Å². The van der Waals surface area contributed by atoms with Gasteiger partial charge in [-0.15, -0.1) is 0 Å². The zero-order chi connectivity index (χ0) is 24.1. The normalized spacial score (nSPS) is 10.5. The molecule has 4 aromatic carbocycles. The first-order chi connectivity index (χ1) is 16.5. The van der Waals surface area contributed by atoms with E-state index in [2.05, 4.69) is 147 Å². The van der Waals surface area contributed by atoms with E-state index < -0.39 is 0 Å². The highest BCUT2D eigenvalue weighted by atomic mass is 15.1. The average Bonchev–Trinajstić information content (AvgIpc) is 2.88. The molecule has 0 aliphatic carbocycles. The van der Waals surface area contributed by atoms with Crippen LogP contribution in [0.2, 0.25) is 0 Å². The maximum absolute atomic E-state index is 3.94. The number of hydrogen-bond donors (Lipinski definition) is 0. The molecule has 0 aliphatic rings. The summed E-state index contributed by atoms with van der Waals surface area (Å²) in [4.78, 5) is 4.41. The summed E-state index contributed by atoms with van der Waals surface area (Å²) in [6.45, 7) is 8.16. The SMILES string of the molecule is C=CC=C(c1ccc(N(C)c2ccc(C)cc2)cc1)c1ccc(N(C)c2ccc(C)cc2)cc1. The maximum Gasteiger partial charge on any atom is 0.0408 e. The number of nitrogens with zero attached hydrogens (tertiary/aromatic N) is 2. The average molecular weight is 445 g/mol. The third-order valence-electron chi connectivity index (χ3n) is 6.26. The highest BCUT2D eigenvalue weighted by Gasteiger charge is 2.09. The van der Waals surface area contributed by atoms with E-state index in [0.29, 0.717) is 0 Å². The lowest BCUT2D eigenvalue weighted by molar-refractivity contribution is 1.20. The van der Waals surface area contributed by atoms with Crippen molar-refractivity contribution in [3.63, 3.8) is 0 Å². The second-order valence-electron chi connectivity index (χ2n) is 8.70. The minimum atomic E-state index is 1.15. The zero-order valence-electron chi connectivity index (χ0n) is 20.5. The van der Waals surface area contributed by atoms with E-state index in [1.807, 2.05) is 6.08 Å². The Balaban J connectivity index is 1.56. The van der Waals surface area contributed by atoms with Crippen molar-refractivity contribution >= 4 is 28.3 Å². The lowest BCUT2D eigenvalue weighted by Crippen LogP contribution is -2.09. The molecular weight excluding hydrogens is 412 g/mol. The van der Waals surface area contributed by atoms with Gasteiger partial charge >= 0.3 is 0 Å². The molecule has 0 amide bonds. The molecule has 4 rings (SSSR count). The highest BCUT2D eigenvalue weighted by molar-refractivity contribution is 5.82. The van der Waals surface area contributed by atoms with E-state index in [-0.39, 0.29) is 0 Å². The van der Waals surface area contributed by atoms with Gasteiger partial charge < -0.3 is 9.80 Å². The van der Waals surface area contributed by atoms with Gasteiger partial charge in [0.05, 0.1) is 0 Å². The minimum Gasteiger partial charge on any atom is -0.345 e. The van der Waals surface area contributed by atoms with Gasteiger partial charge in [-0.25, -0.2) is 0 Å². The van der Waals surface area contributed by atoms with Gasteiger partial charge in [0.1, 0.15) is 0 Å². The minimum absolute atomic E-state index is 1.15. The van der Waals surface area contributed by atoms with Crippen molar-refractivity contribution in [2.45, 2.75) is 13.8 Å². The molecule has 4 aromatic rings. The van der Waals surface area contributed by atoms with Crippen LogP contribution in [0.3, 0.4) is 0 Å². The topological polar surface area (TPSA) is 6.48 Å². The number of hydrogen-bond acceptors (Lipinski definition) is 2. The van der Waals surface area contributed by atoms with Crippen LogP contribution in [0, 0.1) is 13.8 Å². The first kappa shape index (κ1) is 23.1. The molecule has 170 valence electrons. The number of aryl methyl sites for hydroxylation is 2. The van der Waals surface area contributed by atoms with Crippen LogP contribution in [-0.2, 0) is 0 Å². The standard InChI is InChI=1S/C32H32N2/c1-6-7-32(26-12-20-30(21-13-26)33(4)28-16-8-24(2)9-17-28)27-14-22-31(23-15-27)34(5)29-18-10-25(3)11-19-29/h6-23H,1H2,2-5H3. The van der Waals surface area contributed by atoms with Crippen LogP contribution >= 0.6 is 0 Å². The first-order valence-electron chi connectivity index (χ1n) is 11.6. The summed E-state index contributed by atoms with van der Waals surface area (Å²) in [5, 5.41) is 0. The molecule has 0 fully saturated rings. The molecule has 0 aromatic heterocycles. The molecule has 0 saturated heterocycles.